The molecule has 4 heterocycles. The van der Waals surface area contributed by atoms with Gasteiger partial charge in [0.2, 0.25) is 0 Å². The highest BCUT2D eigenvalue weighted by molar-refractivity contribution is 7.10. The summed E-state index contributed by atoms with van der Waals surface area (Å²) in [5, 5.41) is 12.4. The standard InChI is InChI=1S/C16H14N6S/c1-17-16-14(12-5-3-9-23-12)20-13(11-6-8-19-22-11)10-4-2-7-18-15(10)21-16/h2-9,14H,1H3,(H,19,22)(H,17,18,21). The normalized spacial score (nSPS) is 18.9. The molecule has 2 N–H and O–H groups in total. The molecule has 6 nitrogen and oxygen atoms in total. The second kappa shape index (κ2) is 5.77. The van der Waals surface area contributed by atoms with Crippen LogP contribution in [0.5, 0.6) is 0 Å². The first-order valence-corrected chi connectivity index (χ1v) is 8.05. The lowest BCUT2D eigenvalue weighted by atomic mass is 10.1. The molecule has 0 bridgehead atoms. The lowest BCUT2D eigenvalue weighted by Crippen LogP contribution is -2.19. The predicted octanol–water partition coefficient (Wildman–Crippen LogP) is 2.90. The Morgan fingerprint density at radius 2 is 2.13 bits per heavy atom. The van der Waals surface area contributed by atoms with Crippen LogP contribution < -0.4 is 5.32 Å². The molecular formula is C16H14N6S. The number of thiophene rings is 1. The van der Waals surface area contributed by atoms with Gasteiger partial charge in [0, 0.05) is 29.9 Å². The van der Waals surface area contributed by atoms with E-state index in [0.717, 1.165) is 33.5 Å². The maximum absolute atomic E-state index is 4.98. The molecule has 4 rings (SSSR count). The van der Waals surface area contributed by atoms with Crippen LogP contribution in [0.1, 0.15) is 22.2 Å². The molecule has 1 aliphatic heterocycles. The summed E-state index contributed by atoms with van der Waals surface area (Å²) in [6, 6.07) is 9.72. The maximum atomic E-state index is 4.98. The largest absolute Gasteiger partial charge is 0.326 e. The molecule has 1 atom stereocenters. The molecule has 1 aliphatic rings. The van der Waals surface area contributed by atoms with Crippen molar-refractivity contribution in [1.29, 1.82) is 0 Å². The maximum Gasteiger partial charge on any atom is 0.142 e. The Kier molecular flexibility index (Phi) is 3.47. The number of hydrogen-bond acceptors (Lipinski definition) is 5. The summed E-state index contributed by atoms with van der Waals surface area (Å²) in [6.45, 7) is 0. The zero-order valence-electron chi connectivity index (χ0n) is 12.4. The Morgan fingerprint density at radius 1 is 1.17 bits per heavy atom. The van der Waals surface area contributed by atoms with Crippen molar-refractivity contribution < 1.29 is 0 Å². The van der Waals surface area contributed by atoms with Crippen molar-refractivity contribution in [3.05, 3.63) is 64.2 Å². The fourth-order valence-electron chi connectivity index (χ4n) is 2.57. The van der Waals surface area contributed by atoms with Crippen LogP contribution in [0.15, 0.2) is 58.1 Å². The minimum absolute atomic E-state index is 0.188. The van der Waals surface area contributed by atoms with E-state index in [1.54, 1.807) is 30.8 Å². The van der Waals surface area contributed by atoms with Gasteiger partial charge in [-0.05, 0) is 29.6 Å². The molecular weight excluding hydrogens is 308 g/mol. The zero-order valence-corrected chi connectivity index (χ0v) is 13.2. The summed E-state index contributed by atoms with van der Waals surface area (Å²) in [5.41, 5.74) is 2.62. The Morgan fingerprint density at radius 3 is 2.87 bits per heavy atom. The number of anilines is 1. The number of hydrogen-bond donors (Lipinski definition) is 2. The fourth-order valence-corrected chi connectivity index (χ4v) is 3.34. The first kappa shape index (κ1) is 13.8. The summed E-state index contributed by atoms with van der Waals surface area (Å²) in [4.78, 5) is 15.0. The highest BCUT2D eigenvalue weighted by Crippen LogP contribution is 2.30. The van der Waals surface area contributed by atoms with Crippen molar-refractivity contribution in [2.24, 2.45) is 9.98 Å². The molecule has 1 unspecified atom stereocenters. The van der Waals surface area contributed by atoms with Gasteiger partial charge in [0.1, 0.15) is 17.7 Å². The van der Waals surface area contributed by atoms with Crippen LogP contribution in [0.2, 0.25) is 0 Å². The van der Waals surface area contributed by atoms with Gasteiger partial charge < -0.3 is 5.32 Å². The molecule has 0 spiro atoms. The molecule has 0 fully saturated rings. The molecule has 7 heteroatoms. The topological polar surface area (TPSA) is 78.3 Å². The molecule has 0 aromatic carbocycles. The summed E-state index contributed by atoms with van der Waals surface area (Å²) in [7, 11) is 1.77. The van der Waals surface area contributed by atoms with Crippen LogP contribution in [0.4, 0.5) is 5.82 Å². The van der Waals surface area contributed by atoms with Crippen molar-refractivity contribution in [3.8, 4) is 0 Å². The van der Waals surface area contributed by atoms with Gasteiger partial charge >= 0.3 is 0 Å². The van der Waals surface area contributed by atoms with Crippen molar-refractivity contribution in [1.82, 2.24) is 15.2 Å². The second-order valence-corrected chi connectivity index (χ2v) is 5.98. The molecule has 114 valence electrons. The smallest absolute Gasteiger partial charge is 0.142 e. The number of aliphatic imine (C=N–C) groups is 2. The Balaban J connectivity index is 1.95. The van der Waals surface area contributed by atoms with E-state index in [4.69, 9.17) is 4.99 Å². The van der Waals surface area contributed by atoms with E-state index in [0.29, 0.717) is 0 Å². The molecule has 0 aliphatic carbocycles. The van der Waals surface area contributed by atoms with Gasteiger partial charge in [-0.3, -0.25) is 15.1 Å². The third-order valence-electron chi connectivity index (χ3n) is 3.64. The first-order chi connectivity index (χ1) is 11.4. The summed E-state index contributed by atoms with van der Waals surface area (Å²) >= 11 is 1.66. The lowest BCUT2D eigenvalue weighted by Gasteiger charge is -2.13. The number of aromatic amines is 1. The van der Waals surface area contributed by atoms with Gasteiger partial charge in [0.05, 0.1) is 11.4 Å². The van der Waals surface area contributed by atoms with E-state index in [1.807, 2.05) is 29.6 Å². The minimum Gasteiger partial charge on any atom is -0.326 e. The molecule has 0 saturated carbocycles. The van der Waals surface area contributed by atoms with Gasteiger partial charge in [-0.15, -0.1) is 11.3 Å². The number of nitrogens with zero attached hydrogens (tertiary/aromatic N) is 4. The van der Waals surface area contributed by atoms with E-state index < -0.39 is 0 Å². The Bertz CT molecular complexity index is 864. The number of aromatic nitrogens is 3. The summed E-state index contributed by atoms with van der Waals surface area (Å²) in [6.07, 6.45) is 3.48. The van der Waals surface area contributed by atoms with Crippen LogP contribution in [0, 0.1) is 0 Å². The number of nitrogens with one attached hydrogen (secondary N) is 2. The van der Waals surface area contributed by atoms with Gasteiger partial charge in [-0.25, -0.2) is 4.98 Å². The fraction of sp³-hybridized carbons (Fsp3) is 0.125. The van der Waals surface area contributed by atoms with Crippen molar-refractivity contribution in [3.63, 3.8) is 0 Å². The Hall–Kier alpha value is -2.80. The van der Waals surface area contributed by atoms with Gasteiger partial charge in [-0.1, -0.05) is 6.07 Å². The third-order valence-corrected chi connectivity index (χ3v) is 4.56. The third kappa shape index (κ3) is 2.44. The number of rotatable bonds is 2. The van der Waals surface area contributed by atoms with Crippen molar-refractivity contribution >= 4 is 28.7 Å². The average molecular weight is 322 g/mol. The summed E-state index contributed by atoms with van der Waals surface area (Å²) < 4.78 is 0. The number of H-pyrrole nitrogens is 1. The molecule has 0 radical (unpaired) electrons. The molecule has 3 aromatic heterocycles. The highest BCUT2D eigenvalue weighted by atomic mass is 32.1. The SMILES string of the molecule is CN=C1Nc2ncccc2C(c2ccn[nH]2)=NC1c1cccs1. The lowest BCUT2D eigenvalue weighted by molar-refractivity contribution is 0.976. The number of pyridine rings is 1. The second-order valence-electron chi connectivity index (χ2n) is 5.00. The van der Waals surface area contributed by atoms with E-state index >= 15 is 0 Å². The minimum atomic E-state index is -0.188. The first-order valence-electron chi connectivity index (χ1n) is 7.17. The Labute approximate surface area is 137 Å². The number of fused-ring (bicyclic) bond motifs is 1. The van der Waals surface area contributed by atoms with Crippen molar-refractivity contribution in [2.45, 2.75) is 6.04 Å². The quantitative estimate of drug-likeness (QED) is 0.761. The monoisotopic (exact) mass is 322 g/mol. The van der Waals surface area contributed by atoms with Crippen molar-refractivity contribution in [2.75, 3.05) is 12.4 Å². The van der Waals surface area contributed by atoms with Crippen LogP contribution in [-0.4, -0.2) is 33.8 Å². The molecule has 0 saturated heterocycles. The van der Waals surface area contributed by atoms with E-state index in [-0.39, 0.29) is 6.04 Å². The zero-order chi connectivity index (χ0) is 15.6. The molecule has 23 heavy (non-hydrogen) atoms. The summed E-state index contributed by atoms with van der Waals surface area (Å²) in [5.74, 6) is 1.53. The van der Waals surface area contributed by atoms with Gasteiger partial charge in [-0.2, -0.15) is 5.10 Å². The number of amidine groups is 1. The van der Waals surface area contributed by atoms with E-state index in [2.05, 4.69) is 31.6 Å². The van der Waals surface area contributed by atoms with Gasteiger partial charge in [0.15, 0.2) is 0 Å². The average Bonchev–Trinajstić information content (AvgIpc) is 3.26. The van der Waals surface area contributed by atoms with E-state index in [9.17, 15) is 0 Å². The van der Waals surface area contributed by atoms with Crippen LogP contribution in [0.3, 0.4) is 0 Å². The van der Waals surface area contributed by atoms with Crippen LogP contribution in [-0.2, 0) is 0 Å². The van der Waals surface area contributed by atoms with Crippen LogP contribution in [0.25, 0.3) is 0 Å². The molecule has 3 aromatic rings. The predicted molar refractivity (Wildman–Crippen MR) is 92.5 cm³/mol. The van der Waals surface area contributed by atoms with Crippen LogP contribution >= 0.6 is 11.3 Å². The van der Waals surface area contributed by atoms with Gasteiger partial charge in [0.25, 0.3) is 0 Å². The molecule has 0 amide bonds. The highest BCUT2D eigenvalue weighted by Gasteiger charge is 2.26. The van der Waals surface area contributed by atoms with E-state index in [1.165, 1.54) is 0 Å².